The molecule has 3 unspecified atom stereocenters. The Balaban J connectivity index is 1.56. The third-order valence-electron chi connectivity index (χ3n) is 4.66. The number of aromatic nitrogens is 1. The van der Waals surface area contributed by atoms with Gasteiger partial charge in [0.05, 0.1) is 11.8 Å². The lowest BCUT2D eigenvalue weighted by Crippen LogP contribution is -2.43. The molecule has 2 aliphatic rings. The van der Waals surface area contributed by atoms with Crippen molar-refractivity contribution in [2.24, 2.45) is 5.92 Å². The Morgan fingerprint density at radius 3 is 3.04 bits per heavy atom. The van der Waals surface area contributed by atoms with Crippen molar-refractivity contribution in [3.63, 3.8) is 0 Å². The summed E-state index contributed by atoms with van der Waals surface area (Å²) in [6.45, 7) is 3.00. The normalized spacial score (nSPS) is 25.0. The topological polar surface area (TPSA) is 58.4 Å². The highest BCUT2D eigenvalue weighted by molar-refractivity contribution is 5.97. The van der Waals surface area contributed by atoms with Crippen molar-refractivity contribution in [1.82, 2.24) is 15.2 Å². The number of rotatable bonds is 2. The predicted octanol–water partition coefficient (Wildman–Crippen LogP) is 1.88. The molecule has 2 aliphatic heterocycles. The molecule has 1 N–H and O–H groups in total. The predicted molar refractivity (Wildman–Crippen MR) is 82.7 cm³/mol. The van der Waals surface area contributed by atoms with Gasteiger partial charge in [0.1, 0.15) is 12.0 Å². The Hall–Kier alpha value is -2.46. The fourth-order valence-electron chi connectivity index (χ4n) is 3.48. The molecule has 24 heavy (non-hydrogen) atoms. The lowest BCUT2D eigenvalue weighted by Gasteiger charge is -2.22. The van der Waals surface area contributed by atoms with Gasteiger partial charge in [0.25, 0.3) is 12.3 Å². The average Bonchev–Trinajstić information content (AvgIpc) is 3.27. The molecule has 0 radical (unpaired) electrons. The van der Waals surface area contributed by atoms with E-state index in [0.29, 0.717) is 22.5 Å². The number of carbonyl (C=O) groups excluding carboxylic acids is 1. The summed E-state index contributed by atoms with van der Waals surface area (Å²) in [6, 6.07) is 1.68. The molecule has 1 amide bonds. The maximum atomic E-state index is 12.4. The van der Waals surface area contributed by atoms with Crippen molar-refractivity contribution < 1.29 is 18.0 Å². The maximum absolute atomic E-state index is 12.4. The lowest BCUT2D eigenvalue weighted by atomic mass is 10.00. The van der Waals surface area contributed by atoms with Crippen LogP contribution < -0.4 is 5.32 Å². The summed E-state index contributed by atoms with van der Waals surface area (Å²) in [5.74, 6) is 4.40. The number of amides is 1. The molecule has 4 heterocycles. The van der Waals surface area contributed by atoms with E-state index in [0.717, 1.165) is 26.1 Å². The average molecular weight is 331 g/mol. The van der Waals surface area contributed by atoms with Crippen LogP contribution in [0.25, 0.3) is 11.0 Å². The van der Waals surface area contributed by atoms with Gasteiger partial charge in [-0.15, -0.1) is 0 Å². The number of fused-ring (bicyclic) bond motifs is 3. The molecule has 0 aromatic carbocycles. The van der Waals surface area contributed by atoms with E-state index >= 15 is 0 Å². The molecular formula is C17H15F2N3O2. The summed E-state index contributed by atoms with van der Waals surface area (Å²) in [7, 11) is 0. The van der Waals surface area contributed by atoms with Gasteiger partial charge < -0.3 is 14.6 Å². The molecule has 0 spiro atoms. The van der Waals surface area contributed by atoms with Gasteiger partial charge in [-0.2, -0.15) is 8.78 Å². The molecular weight excluding hydrogens is 316 g/mol. The molecule has 3 atom stereocenters. The van der Waals surface area contributed by atoms with E-state index in [9.17, 15) is 13.6 Å². The van der Waals surface area contributed by atoms with Gasteiger partial charge >= 0.3 is 0 Å². The second-order valence-corrected chi connectivity index (χ2v) is 6.17. The van der Waals surface area contributed by atoms with Crippen molar-refractivity contribution in [3.8, 4) is 11.8 Å². The van der Waals surface area contributed by atoms with E-state index in [1.807, 2.05) is 0 Å². The molecule has 0 aliphatic carbocycles. The van der Waals surface area contributed by atoms with Gasteiger partial charge in [0.2, 0.25) is 0 Å². The number of nitrogens with one attached hydrogen (secondary N) is 1. The Kier molecular flexibility index (Phi) is 3.69. The maximum Gasteiger partial charge on any atom is 0.299 e. The number of nitrogens with zero attached hydrogens (tertiary/aromatic N) is 2. The number of hydrogen-bond donors (Lipinski definition) is 1. The van der Waals surface area contributed by atoms with Crippen LogP contribution in [0.15, 0.2) is 22.9 Å². The standard InChI is InChI=1S/C17H15F2N3O2/c18-16(19)2-1-11-9-24-15-6-20-13(5-12(11)15)17(23)21-14-8-22-4-3-10(14)7-22/h5-6,9-10,14,16H,3-4,7-8H2,(H,21,23). The SMILES string of the molecule is O=C(NC1CN2CCC1C2)c1cc2c(C#CC(F)F)coc2cn1. The van der Waals surface area contributed by atoms with Crippen LogP contribution in [0.2, 0.25) is 0 Å². The van der Waals surface area contributed by atoms with E-state index in [4.69, 9.17) is 4.42 Å². The number of halogens is 2. The lowest BCUT2D eigenvalue weighted by molar-refractivity contribution is 0.0919. The first kappa shape index (κ1) is 15.1. The number of alkyl halides is 2. The molecule has 2 bridgehead atoms. The van der Waals surface area contributed by atoms with E-state index in [-0.39, 0.29) is 17.6 Å². The Morgan fingerprint density at radius 2 is 2.33 bits per heavy atom. The van der Waals surface area contributed by atoms with E-state index in [1.54, 1.807) is 5.92 Å². The van der Waals surface area contributed by atoms with Crippen LogP contribution in [0.1, 0.15) is 22.5 Å². The number of furan rings is 1. The van der Waals surface area contributed by atoms with Crippen LogP contribution in [0.5, 0.6) is 0 Å². The molecule has 124 valence electrons. The fraction of sp³-hybridized carbons (Fsp3) is 0.412. The molecule has 2 aromatic heterocycles. The zero-order valence-corrected chi connectivity index (χ0v) is 12.8. The molecule has 4 rings (SSSR count). The highest BCUT2D eigenvalue weighted by Crippen LogP contribution is 2.28. The van der Waals surface area contributed by atoms with Crippen molar-refractivity contribution in [2.45, 2.75) is 18.9 Å². The quantitative estimate of drug-likeness (QED) is 0.854. The first-order valence-electron chi connectivity index (χ1n) is 7.80. The third-order valence-corrected chi connectivity index (χ3v) is 4.66. The van der Waals surface area contributed by atoms with E-state index < -0.39 is 6.43 Å². The Labute approximate surface area is 137 Å². The summed E-state index contributed by atoms with van der Waals surface area (Å²) >= 11 is 0. The second-order valence-electron chi connectivity index (χ2n) is 6.17. The smallest absolute Gasteiger partial charge is 0.299 e. The van der Waals surface area contributed by atoms with Gasteiger partial charge in [0, 0.05) is 24.5 Å². The number of pyridine rings is 1. The highest BCUT2D eigenvalue weighted by atomic mass is 19.3. The Morgan fingerprint density at radius 1 is 1.46 bits per heavy atom. The highest BCUT2D eigenvalue weighted by Gasteiger charge is 2.38. The number of piperidine rings is 1. The largest absolute Gasteiger partial charge is 0.461 e. The van der Waals surface area contributed by atoms with Crippen LogP contribution in [0, 0.1) is 17.8 Å². The minimum Gasteiger partial charge on any atom is -0.461 e. The van der Waals surface area contributed by atoms with Crippen LogP contribution in [-0.4, -0.2) is 47.9 Å². The number of carbonyl (C=O) groups is 1. The summed E-state index contributed by atoms with van der Waals surface area (Å²) < 4.78 is 29.7. The zero-order chi connectivity index (χ0) is 16.7. The van der Waals surface area contributed by atoms with Crippen LogP contribution in [0.4, 0.5) is 8.78 Å². The van der Waals surface area contributed by atoms with Crippen molar-refractivity contribution in [1.29, 1.82) is 0 Å². The zero-order valence-electron chi connectivity index (χ0n) is 12.8. The molecule has 7 heteroatoms. The van der Waals surface area contributed by atoms with Crippen molar-refractivity contribution in [3.05, 3.63) is 29.8 Å². The minimum atomic E-state index is -2.72. The molecule has 2 aromatic rings. The monoisotopic (exact) mass is 331 g/mol. The summed E-state index contributed by atoms with van der Waals surface area (Å²) in [4.78, 5) is 18.9. The first-order valence-corrected chi connectivity index (χ1v) is 7.80. The van der Waals surface area contributed by atoms with Crippen molar-refractivity contribution in [2.75, 3.05) is 19.6 Å². The molecule has 2 saturated heterocycles. The number of hydrogen-bond acceptors (Lipinski definition) is 4. The fourth-order valence-corrected chi connectivity index (χ4v) is 3.48. The Bertz CT molecular complexity index is 852. The van der Waals surface area contributed by atoms with Gasteiger partial charge in [-0.05, 0) is 30.9 Å². The van der Waals surface area contributed by atoms with Crippen LogP contribution in [0.3, 0.4) is 0 Å². The van der Waals surface area contributed by atoms with Crippen LogP contribution in [-0.2, 0) is 0 Å². The molecule has 5 nitrogen and oxygen atoms in total. The van der Waals surface area contributed by atoms with Gasteiger partial charge in [-0.1, -0.05) is 5.92 Å². The van der Waals surface area contributed by atoms with Crippen LogP contribution >= 0.6 is 0 Å². The van der Waals surface area contributed by atoms with Gasteiger partial charge in [-0.25, -0.2) is 4.98 Å². The summed E-state index contributed by atoms with van der Waals surface area (Å²) in [6.07, 6.45) is 1.11. The summed E-state index contributed by atoms with van der Waals surface area (Å²) in [5.41, 5.74) is 0.978. The first-order chi connectivity index (χ1) is 11.6. The molecule has 2 fully saturated rings. The van der Waals surface area contributed by atoms with Gasteiger partial charge in [-0.3, -0.25) is 4.79 Å². The van der Waals surface area contributed by atoms with Gasteiger partial charge in [0.15, 0.2) is 5.58 Å². The summed E-state index contributed by atoms with van der Waals surface area (Å²) in [5, 5.41) is 3.54. The second kappa shape index (κ2) is 5.87. The van der Waals surface area contributed by atoms with E-state index in [2.05, 4.69) is 21.1 Å². The van der Waals surface area contributed by atoms with E-state index in [1.165, 1.54) is 18.5 Å². The van der Waals surface area contributed by atoms with Crippen molar-refractivity contribution >= 4 is 16.9 Å². The third kappa shape index (κ3) is 2.74. The molecule has 0 saturated carbocycles. The minimum absolute atomic E-state index is 0.145.